The lowest BCUT2D eigenvalue weighted by molar-refractivity contribution is 0.269. The number of aromatic nitrogens is 1. The van der Waals surface area contributed by atoms with Gasteiger partial charge in [-0.05, 0) is 48.7 Å². The van der Waals surface area contributed by atoms with Gasteiger partial charge in [-0.3, -0.25) is 4.98 Å². The molecule has 0 fully saturated rings. The summed E-state index contributed by atoms with van der Waals surface area (Å²) in [6, 6.07) is 16.0. The van der Waals surface area contributed by atoms with E-state index < -0.39 is 0 Å². The average Bonchev–Trinajstić information content (AvgIpc) is 2.70. The van der Waals surface area contributed by atoms with Gasteiger partial charge in [0.15, 0.2) is 11.5 Å². The molecule has 0 saturated heterocycles. The number of nitrogens with one attached hydrogen (secondary N) is 1. The molecule has 5 heteroatoms. The molecular weight excluding hydrogens is 372 g/mol. The lowest BCUT2D eigenvalue weighted by Crippen LogP contribution is -2.13. The summed E-state index contributed by atoms with van der Waals surface area (Å²) in [5.41, 5.74) is 4.47. The smallest absolute Gasteiger partial charge is 0.163 e. The number of hydrogen-bond acceptors (Lipinski definition) is 4. The maximum absolute atomic E-state index is 6.50. The molecule has 4 nitrogen and oxygen atoms in total. The van der Waals surface area contributed by atoms with Crippen molar-refractivity contribution >= 4 is 11.6 Å². The van der Waals surface area contributed by atoms with Gasteiger partial charge in [0.25, 0.3) is 0 Å². The molecule has 0 amide bonds. The fourth-order valence-corrected chi connectivity index (χ4v) is 3.12. The van der Waals surface area contributed by atoms with Crippen molar-refractivity contribution in [2.45, 2.75) is 33.5 Å². The molecule has 3 aromatic rings. The molecule has 0 atom stereocenters. The summed E-state index contributed by atoms with van der Waals surface area (Å²) in [5, 5.41) is 4.06. The predicted molar refractivity (Wildman–Crippen MR) is 113 cm³/mol. The Kier molecular flexibility index (Phi) is 7.29. The molecule has 0 spiro atoms. The molecule has 3 rings (SSSR count). The maximum atomic E-state index is 6.50. The predicted octanol–water partition coefficient (Wildman–Crippen LogP) is 5.31. The lowest BCUT2D eigenvalue weighted by Gasteiger charge is -2.15. The van der Waals surface area contributed by atoms with Crippen LogP contribution in [0.2, 0.25) is 5.02 Å². The largest absolute Gasteiger partial charge is 0.490 e. The van der Waals surface area contributed by atoms with Gasteiger partial charge in [0.2, 0.25) is 0 Å². The van der Waals surface area contributed by atoms with Crippen LogP contribution in [0.1, 0.15) is 29.2 Å². The Labute approximate surface area is 171 Å². The standard InChI is InChI=1S/C23H25ClN2O2/c1-3-27-22-12-20(15-26-14-18-7-9-25-10-8-18)21(24)13-23(22)28-16-19-6-4-5-17(2)11-19/h4-13,26H,3,14-16H2,1-2H3. The van der Waals surface area contributed by atoms with Crippen molar-refractivity contribution in [2.75, 3.05) is 6.61 Å². The third-order valence-corrected chi connectivity index (χ3v) is 4.64. The van der Waals surface area contributed by atoms with Crippen molar-refractivity contribution in [2.24, 2.45) is 0 Å². The second-order valence-electron chi connectivity index (χ2n) is 6.56. The average molecular weight is 397 g/mol. The van der Waals surface area contributed by atoms with E-state index in [0.717, 1.165) is 17.7 Å². The fraction of sp³-hybridized carbons (Fsp3) is 0.261. The van der Waals surface area contributed by atoms with E-state index >= 15 is 0 Å². The molecule has 28 heavy (non-hydrogen) atoms. The van der Waals surface area contributed by atoms with Gasteiger partial charge in [0, 0.05) is 36.6 Å². The summed E-state index contributed by atoms with van der Waals surface area (Å²) in [5.74, 6) is 1.37. The van der Waals surface area contributed by atoms with Crippen molar-refractivity contribution < 1.29 is 9.47 Å². The number of hydrogen-bond donors (Lipinski definition) is 1. The van der Waals surface area contributed by atoms with Crippen molar-refractivity contribution in [3.63, 3.8) is 0 Å². The molecule has 0 bridgehead atoms. The van der Waals surface area contributed by atoms with E-state index in [1.54, 1.807) is 12.4 Å². The highest BCUT2D eigenvalue weighted by Crippen LogP contribution is 2.34. The van der Waals surface area contributed by atoms with Gasteiger partial charge in [-0.25, -0.2) is 0 Å². The summed E-state index contributed by atoms with van der Waals surface area (Å²) in [6.45, 7) is 6.44. The van der Waals surface area contributed by atoms with E-state index in [4.69, 9.17) is 21.1 Å². The zero-order valence-electron chi connectivity index (χ0n) is 16.2. The Morgan fingerprint density at radius 2 is 1.71 bits per heavy atom. The molecule has 2 aromatic carbocycles. The molecule has 1 aromatic heterocycles. The normalized spacial score (nSPS) is 10.7. The van der Waals surface area contributed by atoms with Gasteiger partial charge in [-0.1, -0.05) is 41.4 Å². The van der Waals surface area contributed by atoms with Crippen LogP contribution in [0.4, 0.5) is 0 Å². The Morgan fingerprint density at radius 1 is 0.929 bits per heavy atom. The number of nitrogens with zero attached hydrogens (tertiary/aromatic N) is 1. The van der Waals surface area contributed by atoms with Crippen LogP contribution in [0.25, 0.3) is 0 Å². The summed E-state index contributed by atoms with van der Waals surface area (Å²) in [6.07, 6.45) is 3.58. The van der Waals surface area contributed by atoms with Crippen LogP contribution >= 0.6 is 11.6 Å². The van der Waals surface area contributed by atoms with E-state index in [0.29, 0.717) is 36.3 Å². The number of pyridine rings is 1. The van der Waals surface area contributed by atoms with Gasteiger partial charge in [-0.15, -0.1) is 0 Å². The molecule has 0 unspecified atom stereocenters. The van der Waals surface area contributed by atoms with Crippen LogP contribution in [0, 0.1) is 6.92 Å². The number of benzene rings is 2. The van der Waals surface area contributed by atoms with Crippen LogP contribution in [0.15, 0.2) is 60.9 Å². The monoisotopic (exact) mass is 396 g/mol. The topological polar surface area (TPSA) is 43.4 Å². The van der Waals surface area contributed by atoms with E-state index in [9.17, 15) is 0 Å². The molecule has 1 N–H and O–H groups in total. The van der Waals surface area contributed by atoms with Gasteiger partial charge < -0.3 is 14.8 Å². The second kappa shape index (κ2) is 10.1. The molecule has 0 aliphatic carbocycles. The quantitative estimate of drug-likeness (QED) is 0.532. The van der Waals surface area contributed by atoms with Gasteiger partial charge in [-0.2, -0.15) is 0 Å². The minimum Gasteiger partial charge on any atom is -0.490 e. The highest BCUT2D eigenvalue weighted by molar-refractivity contribution is 6.31. The minimum atomic E-state index is 0.470. The lowest BCUT2D eigenvalue weighted by atomic mass is 10.1. The summed E-state index contributed by atoms with van der Waals surface area (Å²) >= 11 is 6.50. The van der Waals surface area contributed by atoms with Gasteiger partial charge >= 0.3 is 0 Å². The molecule has 0 aliphatic heterocycles. The molecule has 0 radical (unpaired) electrons. The third-order valence-electron chi connectivity index (χ3n) is 4.28. The highest BCUT2D eigenvalue weighted by Gasteiger charge is 2.12. The molecule has 0 saturated carbocycles. The van der Waals surface area contributed by atoms with Crippen molar-refractivity contribution in [1.29, 1.82) is 0 Å². The van der Waals surface area contributed by atoms with Crippen LogP contribution < -0.4 is 14.8 Å². The van der Waals surface area contributed by atoms with Crippen LogP contribution in [0.3, 0.4) is 0 Å². The first-order chi connectivity index (χ1) is 13.7. The Balaban J connectivity index is 1.68. The summed E-state index contributed by atoms with van der Waals surface area (Å²) in [7, 11) is 0. The highest BCUT2D eigenvalue weighted by atomic mass is 35.5. The van der Waals surface area contributed by atoms with Gasteiger partial charge in [0.1, 0.15) is 6.61 Å². The molecular formula is C23H25ClN2O2. The number of aryl methyl sites for hydroxylation is 1. The number of rotatable bonds is 9. The maximum Gasteiger partial charge on any atom is 0.163 e. The first kappa shape index (κ1) is 20.2. The molecule has 0 aliphatic rings. The SMILES string of the molecule is CCOc1cc(CNCc2ccncc2)c(Cl)cc1OCc1cccc(C)c1. The minimum absolute atomic E-state index is 0.470. The van der Waals surface area contributed by atoms with E-state index in [-0.39, 0.29) is 0 Å². The second-order valence-corrected chi connectivity index (χ2v) is 6.97. The first-order valence-corrected chi connectivity index (χ1v) is 9.76. The van der Waals surface area contributed by atoms with Crippen molar-refractivity contribution in [3.05, 3.63) is 88.2 Å². The Hall–Kier alpha value is -2.56. The summed E-state index contributed by atoms with van der Waals surface area (Å²) < 4.78 is 11.8. The van der Waals surface area contributed by atoms with Crippen molar-refractivity contribution in [3.8, 4) is 11.5 Å². The fourth-order valence-electron chi connectivity index (χ4n) is 2.90. The third kappa shape index (κ3) is 5.72. The van der Waals surface area contributed by atoms with Gasteiger partial charge in [0.05, 0.1) is 6.61 Å². The molecule has 146 valence electrons. The number of ether oxygens (including phenoxy) is 2. The van der Waals surface area contributed by atoms with Crippen LogP contribution in [-0.2, 0) is 19.7 Å². The molecule has 1 heterocycles. The number of halogens is 1. The summed E-state index contributed by atoms with van der Waals surface area (Å²) in [4.78, 5) is 4.03. The van der Waals surface area contributed by atoms with E-state index in [1.165, 1.54) is 11.1 Å². The Morgan fingerprint density at radius 3 is 2.46 bits per heavy atom. The van der Waals surface area contributed by atoms with Crippen LogP contribution in [-0.4, -0.2) is 11.6 Å². The van der Waals surface area contributed by atoms with Crippen LogP contribution in [0.5, 0.6) is 11.5 Å². The zero-order valence-corrected chi connectivity index (χ0v) is 17.0. The Bertz CT molecular complexity index is 900. The van der Waals surface area contributed by atoms with E-state index in [2.05, 4.69) is 29.4 Å². The first-order valence-electron chi connectivity index (χ1n) is 9.39. The van der Waals surface area contributed by atoms with Crippen molar-refractivity contribution in [1.82, 2.24) is 10.3 Å². The van der Waals surface area contributed by atoms with E-state index in [1.807, 2.05) is 43.3 Å². The zero-order chi connectivity index (χ0) is 19.8.